The Morgan fingerprint density at radius 2 is 1.53 bits per heavy atom. The predicted molar refractivity (Wildman–Crippen MR) is 188 cm³/mol. The summed E-state index contributed by atoms with van der Waals surface area (Å²) in [7, 11) is 1.52. The van der Waals surface area contributed by atoms with E-state index < -0.39 is 28.7 Å². The Balaban J connectivity index is 1.45. The summed E-state index contributed by atoms with van der Waals surface area (Å²) < 4.78 is 41.6. The maximum Gasteiger partial charge on any atom is 0.339 e. The van der Waals surface area contributed by atoms with Gasteiger partial charge in [0.2, 0.25) is 5.88 Å². The minimum atomic E-state index is -1.17. The molecule has 248 valence electrons. The molecule has 0 radical (unpaired) electrons. The SMILES string of the molecule is CCOC(=O)c1cnc(OC)c2c1C[C@@H]1CSC(NC(c3ccccc3)(c3ccccc3)c3ccccc3)=N[C@]1(c1ccc(F)cc1F)C2. The Bertz CT molecular complexity index is 1910. The zero-order valence-corrected chi connectivity index (χ0v) is 28.0. The highest BCUT2D eigenvalue weighted by atomic mass is 32.2. The van der Waals surface area contributed by atoms with Crippen molar-refractivity contribution in [1.82, 2.24) is 10.3 Å². The second-order valence-electron chi connectivity index (χ2n) is 12.2. The lowest BCUT2D eigenvalue weighted by atomic mass is 9.67. The molecular weight excluding hydrogens is 641 g/mol. The van der Waals surface area contributed by atoms with Gasteiger partial charge < -0.3 is 14.8 Å². The molecule has 0 bridgehead atoms. The Labute approximate surface area is 288 Å². The monoisotopic (exact) mass is 675 g/mol. The van der Waals surface area contributed by atoms with Crippen LogP contribution in [-0.2, 0) is 28.7 Å². The molecule has 6 nitrogen and oxygen atoms in total. The summed E-state index contributed by atoms with van der Waals surface area (Å²) in [6.07, 6.45) is 2.06. The van der Waals surface area contributed by atoms with Crippen LogP contribution in [-0.4, -0.2) is 35.6 Å². The van der Waals surface area contributed by atoms with Gasteiger partial charge in [-0.1, -0.05) is 109 Å². The molecule has 0 saturated heterocycles. The maximum absolute atomic E-state index is 16.1. The molecule has 0 spiro atoms. The highest BCUT2D eigenvalue weighted by molar-refractivity contribution is 8.13. The van der Waals surface area contributed by atoms with Gasteiger partial charge in [0.25, 0.3) is 0 Å². The van der Waals surface area contributed by atoms with E-state index >= 15 is 4.39 Å². The number of nitrogens with zero attached hydrogens (tertiary/aromatic N) is 2. The number of carbonyl (C=O) groups is 1. The number of ether oxygens (including phenoxy) is 2. The molecule has 1 N–H and O–H groups in total. The Morgan fingerprint density at radius 3 is 2.08 bits per heavy atom. The van der Waals surface area contributed by atoms with E-state index in [2.05, 4.69) is 46.7 Å². The molecule has 4 aromatic carbocycles. The largest absolute Gasteiger partial charge is 0.481 e. The molecule has 7 rings (SSSR count). The van der Waals surface area contributed by atoms with E-state index in [0.29, 0.717) is 34.3 Å². The van der Waals surface area contributed by atoms with Crippen LogP contribution in [0.25, 0.3) is 0 Å². The van der Waals surface area contributed by atoms with Gasteiger partial charge in [-0.25, -0.2) is 18.6 Å². The van der Waals surface area contributed by atoms with Crippen LogP contribution in [0.2, 0.25) is 0 Å². The van der Waals surface area contributed by atoms with Crippen LogP contribution in [0.4, 0.5) is 8.78 Å². The van der Waals surface area contributed by atoms with Gasteiger partial charge in [0.05, 0.1) is 24.8 Å². The molecule has 49 heavy (non-hydrogen) atoms. The number of nitrogens with one attached hydrogen (secondary N) is 1. The lowest BCUT2D eigenvalue weighted by Crippen LogP contribution is -2.52. The normalized spacial score (nSPS) is 18.4. The number of fused-ring (bicyclic) bond motifs is 2. The van der Waals surface area contributed by atoms with Crippen molar-refractivity contribution in [3.8, 4) is 5.88 Å². The van der Waals surface area contributed by atoms with E-state index in [9.17, 15) is 9.18 Å². The first-order valence-corrected chi connectivity index (χ1v) is 17.2. The summed E-state index contributed by atoms with van der Waals surface area (Å²) >= 11 is 1.55. The van der Waals surface area contributed by atoms with Gasteiger partial charge in [0.15, 0.2) is 5.17 Å². The van der Waals surface area contributed by atoms with Crippen molar-refractivity contribution >= 4 is 22.9 Å². The van der Waals surface area contributed by atoms with Crippen LogP contribution in [0, 0.1) is 17.6 Å². The molecule has 1 aliphatic carbocycles. The minimum Gasteiger partial charge on any atom is -0.481 e. The average molecular weight is 676 g/mol. The Hall–Kier alpha value is -5.02. The summed E-state index contributed by atoms with van der Waals surface area (Å²) in [4.78, 5) is 23.0. The number of benzene rings is 4. The van der Waals surface area contributed by atoms with Crippen LogP contribution in [0.3, 0.4) is 0 Å². The smallest absolute Gasteiger partial charge is 0.339 e. The molecule has 0 amide bonds. The molecule has 0 fully saturated rings. The van der Waals surface area contributed by atoms with Crippen molar-refractivity contribution in [2.75, 3.05) is 19.5 Å². The number of rotatable bonds is 8. The van der Waals surface area contributed by atoms with Crippen molar-refractivity contribution in [2.45, 2.75) is 30.8 Å². The molecule has 1 aromatic heterocycles. The molecule has 0 saturated carbocycles. The highest BCUT2D eigenvalue weighted by Crippen LogP contribution is 2.51. The fraction of sp³-hybridized carbons (Fsp3) is 0.225. The second kappa shape index (κ2) is 13.5. The first-order valence-electron chi connectivity index (χ1n) is 16.2. The number of aliphatic imine (C=N–C) groups is 1. The van der Waals surface area contributed by atoms with Gasteiger partial charge in [0, 0.05) is 41.5 Å². The minimum absolute atomic E-state index is 0.180. The molecule has 2 aliphatic rings. The van der Waals surface area contributed by atoms with Crippen molar-refractivity contribution in [3.05, 3.63) is 166 Å². The number of methoxy groups -OCH3 is 1. The quantitative estimate of drug-likeness (QED) is 0.134. The van der Waals surface area contributed by atoms with Crippen LogP contribution < -0.4 is 10.1 Å². The van der Waals surface area contributed by atoms with E-state index in [1.807, 2.05) is 54.6 Å². The second-order valence-corrected chi connectivity index (χ2v) is 13.2. The zero-order valence-electron chi connectivity index (χ0n) is 27.2. The lowest BCUT2D eigenvalue weighted by Gasteiger charge is -2.47. The Kier molecular flexibility index (Phi) is 8.94. The van der Waals surface area contributed by atoms with Crippen LogP contribution in [0.1, 0.15) is 50.7 Å². The third-order valence-corrected chi connectivity index (χ3v) is 10.6. The van der Waals surface area contributed by atoms with Gasteiger partial charge in [0.1, 0.15) is 17.2 Å². The summed E-state index contributed by atoms with van der Waals surface area (Å²) in [5, 5.41) is 4.48. The lowest BCUT2D eigenvalue weighted by molar-refractivity contribution is 0.0523. The average Bonchev–Trinajstić information content (AvgIpc) is 3.13. The van der Waals surface area contributed by atoms with Gasteiger partial charge >= 0.3 is 5.97 Å². The molecule has 1 aliphatic heterocycles. The van der Waals surface area contributed by atoms with Crippen LogP contribution in [0.15, 0.2) is 120 Å². The summed E-state index contributed by atoms with van der Waals surface area (Å²) in [5.41, 5.74) is 3.01. The van der Waals surface area contributed by atoms with Crippen molar-refractivity contribution in [1.29, 1.82) is 0 Å². The molecule has 2 heterocycles. The van der Waals surface area contributed by atoms with E-state index in [4.69, 9.17) is 14.5 Å². The summed E-state index contributed by atoms with van der Waals surface area (Å²) in [5.74, 6) is -1.20. The van der Waals surface area contributed by atoms with Gasteiger partial charge in [-0.3, -0.25) is 4.99 Å². The maximum atomic E-state index is 16.1. The van der Waals surface area contributed by atoms with Crippen molar-refractivity contribution < 1.29 is 23.0 Å². The van der Waals surface area contributed by atoms with E-state index in [1.165, 1.54) is 25.4 Å². The number of pyridine rings is 1. The highest BCUT2D eigenvalue weighted by Gasteiger charge is 2.51. The molecule has 0 unspecified atom stereocenters. The predicted octanol–water partition coefficient (Wildman–Crippen LogP) is 7.84. The third kappa shape index (κ3) is 5.76. The first kappa shape index (κ1) is 32.5. The van der Waals surface area contributed by atoms with E-state index in [0.717, 1.165) is 28.3 Å². The van der Waals surface area contributed by atoms with Gasteiger partial charge in [-0.05, 0) is 41.7 Å². The topological polar surface area (TPSA) is 72.8 Å². The number of aromatic nitrogens is 1. The molecule has 5 aromatic rings. The van der Waals surface area contributed by atoms with E-state index in [1.54, 1.807) is 18.7 Å². The fourth-order valence-corrected chi connectivity index (χ4v) is 8.52. The zero-order chi connectivity index (χ0) is 34.0. The van der Waals surface area contributed by atoms with Crippen molar-refractivity contribution in [3.63, 3.8) is 0 Å². The molecular formula is C40H35F2N3O3S. The number of hydrogen-bond donors (Lipinski definition) is 1. The number of hydrogen-bond acceptors (Lipinski definition) is 7. The standard InChI is InChI=1S/C40H35F2N3O3S/c1-3-48-37(46)33-24-43-36(47-2)32-23-39(34-20-19-30(41)22-35(34)42)29(21-31(32)33)25-49-38(44-39)45-40(26-13-7-4-8-14-26,27-15-9-5-10-16-27)28-17-11-6-12-18-28/h4-20,22,24,29H,3,21,23,25H2,1-2H3,(H,44,45)/t29-,39-/m1/s1. The number of halogens is 2. The first-order chi connectivity index (χ1) is 23.9. The number of amidine groups is 1. The summed E-state index contributed by atoms with van der Waals surface area (Å²) in [6.45, 7) is 1.97. The molecule has 2 atom stereocenters. The summed E-state index contributed by atoms with van der Waals surface area (Å²) in [6, 6.07) is 34.2. The Morgan fingerprint density at radius 1 is 0.918 bits per heavy atom. The third-order valence-electron chi connectivity index (χ3n) is 9.55. The van der Waals surface area contributed by atoms with Gasteiger partial charge in [-0.15, -0.1) is 0 Å². The molecule has 9 heteroatoms. The fourth-order valence-electron chi connectivity index (χ4n) is 7.32. The number of esters is 1. The number of carbonyl (C=O) groups excluding carboxylic acids is 1. The van der Waals surface area contributed by atoms with Crippen molar-refractivity contribution in [2.24, 2.45) is 10.9 Å². The van der Waals surface area contributed by atoms with Crippen LogP contribution in [0.5, 0.6) is 5.88 Å². The van der Waals surface area contributed by atoms with Gasteiger partial charge in [-0.2, -0.15) is 0 Å². The van der Waals surface area contributed by atoms with E-state index in [-0.39, 0.29) is 24.5 Å². The van der Waals surface area contributed by atoms with Crippen LogP contribution >= 0.6 is 11.8 Å². The number of thioether (sulfide) groups is 1.